The standard InChI is InChI=1S/C11H13N5O/c1-7(8-2-4-13-5-3-8)15-11(17)10-9(12)6-14-16-10/h2-7H,12H2,1H3,(H,14,16)(H,15,17). The van der Waals surface area contributed by atoms with Crippen molar-refractivity contribution < 1.29 is 4.79 Å². The van der Waals surface area contributed by atoms with Crippen molar-refractivity contribution in [3.63, 3.8) is 0 Å². The van der Waals surface area contributed by atoms with Gasteiger partial charge < -0.3 is 11.1 Å². The maximum atomic E-state index is 11.8. The van der Waals surface area contributed by atoms with Crippen LogP contribution in [-0.2, 0) is 0 Å². The molecule has 0 aliphatic rings. The zero-order chi connectivity index (χ0) is 12.3. The maximum absolute atomic E-state index is 11.8. The van der Waals surface area contributed by atoms with Crippen LogP contribution in [0.5, 0.6) is 0 Å². The predicted octanol–water partition coefficient (Wildman–Crippen LogP) is 0.878. The van der Waals surface area contributed by atoms with E-state index in [1.54, 1.807) is 12.4 Å². The first kappa shape index (κ1) is 11.1. The van der Waals surface area contributed by atoms with E-state index in [0.717, 1.165) is 5.56 Å². The number of nitrogens with one attached hydrogen (secondary N) is 2. The molecule has 88 valence electrons. The minimum absolute atomic E-state index is 0.117. The Morgan fingerprint density at radius 3 is 2.76 bits per heavy atom. The molecule has 0 spiro atoms. The number of hydrogen-bond donors (Lipinski definition) is 3. The zero-order valence-electron chi connectivity index (χ0n) is 9.34. The molecule has 1 atom stereocenters. The number of nitrogen functional groups attached to an aromatic ring is 1. The van der Waals surface area contributed by atoms with Crippen molar-refractivity contribution in [2.75, 3.05) is 5.73 Å². The number of H-pyrrole nitrogens is 1. The van der Waals surface area contributed by atoms with E-state index in [0.29, 0.717) is 5.69 Å². The summed E-state index contributed by atoms with van der Waals surface area (Å²) >= 11 is 0. The molecule has 6 nitrogen and oxygen atoms in total. The number of hydrogen-bond acceptors (Lipinski definition) is 4. The molecule has 2 rings (SSSR count). The van der Waals surface area contributed by atoms with Crippen molar-refractivity contribution in [2.24, 2.45) is 0 Å². The van der Waals surface area contributed by atoms with Crippen molar-refractivity contribution >= 4 is 11.6 Å². The van der Waals surface area contributed by atoms with Crippen LogP contribution >= 0.6 is 0 Å². The third-order valence-corrected chi connectivity index (χ3v) is 2.45. The highest BCUT2D eigenvalue weighted by atomic mass is 16.2. The second-order valence-corrected chi connectivity index (χ2v) is 3.68. The highest BCUT2D eigenvalue weighted by molar-refractivity contribution is 5.97. The van der Waals surface area contributed by atoms with Gasteiger partial charge in [-0.05, 0) is 24.6 Å². The monoisotopic (exact) mass is 231 g/mol. The first-order valence-electron chi connectivity index (χ1n) is 5.18. The number of nitrogens with zero attached hydrogens (tertiary/aromatic N) is 2. The van der Waals surface area contributed by atoms with Gasteiger partial charge >= 0.3 is 0 Å². The van der Waals surface area contributed by atoms with Crippen molar-refractivity contribution in [3.05, 3.63) is 42.0 Å². The van der Waals surface area contributed by atoms with Crippen LogP contribution in [0.1, 0.15) is 29.0 Å². The van der Waals surface area contributed by atoms with E-state index in [4.69, 9.17) is 5.73 Å². The van der Waals surface area contributed by atoms with Crippen molar-refractivity contribution in [1.29, 1.82) is 0 Å². The van der Waals surface area contributed by atoms with Crippen molar-refractivity contribution in [3.8, 4) is 0 Å². The van der Waals surface area contributed by atoms with Crippen molar-refractivity contribution in [2.45, 2.75) is 13.0 Å². The SMILES string of the molecule is CC(NC(=O)c1[nH]ncc1N)c1ccncc1. The molecule has 1 unspecified atom stereocenters. The smallest absolute Gasteiger partial charge is 0.271 e. The van der Waals surface area contributed by atoms with Gasteiger partial charge in [0.2, 0.25) is 0 Å². The Morgan fingerprint density at radius 2 is 2.18 bits per heavy atom. The number of anilines is 1. The van der Waals surface area contributed by atoms with E-state index in [2.05, 4.69) is 20.5 Å². The Morgan fingerprint density at radius 1 is 1.47 bits per heavy atom. The molecule has 2 heterocycles. The Kier molecular flexibility index (Phi) is 3.04. The topological polar surface area (TPSA) is 96.7 Å². The quantitative estimate of drug-likeness (QED) is 0.730. The Balaban J connectivity index is 2.08. The van der Waals surface area contributed by atoms with E-state index in [9.17, 15) is 4.79 Å². The van der Waals surface area contributed by atoms with E-state index in [-0.39, 0.29) is 17.6 Å². The summed E-state index contributed by atoms with van der Waals surface area (Å²) in [5.74, 6) is -0.274. The predicted molar refractivity (Wildman–Crippen MR) is 63.1 cm³/mol. The summed E-state index contributed by atoms with van der Waals surface area (Å²) in [6, 6.07) is 3.58. The number of nitrogens with two attached hydrogens (primary N) is 1. The molecule has 6 heteroatoms. The van der Waals surface area contributed by atoms with Gasteiger partial charge in [0.25, 0.3) is 5.91 Å². The van der Waals surface area contributed by atoms with Crippen LogP contribution in [0.3, 0.4) is 0 Å². The summed E-state index contributed by atoms with van der Waals surface area (Å²) in [4.78, 5) is 15.8. The van der Waals surface area contributed by atoms with E-state index in [1.165, 1.54) is 6.20 Å². The van der Waals surface area contributed by atoms with E-state index < -0.39 is 0 Å². The number of pyridine rings is 1. The highest BCUT2D eigenvalue weighted by Crippen LogP contribution is 2.12. The fraction of sp³-hybridized carbons (Fsp3) is 0.182. The molecule has 0 radical (unpaired) electrons. The van der Waals surface area contributed by atoms with E-state index in [1.807, 2.05) is 19.1 Å². The molecule has 0 bridgehead atoms. The van der Waals surface area contributed by atoms with Gasteiger partial charge in [-0.3, -0.25) is 14.9 Å². The Labute approximate surface area is 98.3 Å². The highest BCUT2D eigenvalue weighted by Gasteiger charge is 2.14. The summed E-state index contributed by atoms with van der Waals surface area (Å²) in [7, 11) is 0. The number of aromatic nitrogens is 3. The first-order valence-corrected chi connectivity index (χ1v) is 5.18. The lowest BCUT2D eigenvalue weighted by atomic mass is 10.1. The first-order chi connectivity index (χ1) is 8.18. The van der Waals surface area contributed by atoms with Crippen LogP contribution in [0.25, 0.3) is 0 Å². The van der Waals surface area contributed by atoms with Gasteiger partial charge in [-0.1, -0.05) is 0 Å². The van der Waals surface area contributed by atoms with Crippen LogP contribution in [0.2, 0.25) is 0 Å². The third-order valence-electron chi connectivity index (χ3n) is 2.45. The van der Waals surface area contributed by atoms with Gasteiger partial charge in [-0.25, -0.2) is 0 Å². The molecule has 4 N–H and O–H groups in total. The molecule has 0 aliphatic carbocycles. The molecular weight excluding hydrogens is 218 g/mol. The van der Waals surface area contributed by atoms with Crippen LogP contribution < -0.4 is 11.1 Å². The molecule has 0 aromatic carbocycles. The molecule has 2 aromatic rings. The molecular formula is C11H13N5O. The van der Waals surface area contributed by atoms with Crippen molar-refractivity contribution in [1.82, 2.24) is 20.5 Å². The molecule has 1 amide bonds. The third kappa shape index (κ3) is 2.41. The lowest BCUT2D eigenvalue weighted by Gasteiger charge is -2.13. The molecule has 0 aliphatic heterocycles. The lowest BCUT2D eigenvalue weighted by Crippen LogP contribution is -2.27. The Hall–Kier alpha value is -2.37. The largest absolute Gasteiger partial charge is 0.396 e. The number of rotatable bonds is 3. The van der Waals surface area contributed by atoms with Crippen LogP contribution in [-0.4, -0.2) is 21.1 Å². The fourth-order valence-corrected chi connectivity index (χ4v) is 1.48. The van der Waals surface area contributed by atoms with Crippen LogP contribution in [0, 0.1) is 0 Å². The summed E-state index contributed by atoms with van der Waals surface area (Å²) in [6.45, 7) is 1.89. The van der Waals surface area contributed by atoms with Gasteiger partial charge in [0.15, 0.2) is 0 Å². The second-order valence-electron chi connectivity index (χ2n) is 3.68. The average molecular weight is 231 g/mol. The molecule has 17 heavy (non-hydrogen) atoms. The van der Waals surface area contributed by atoms with Gasteiger partial charge in [0.1, 0.15) is 5.69 Å². The minimum atomic E-state index is -0.274. The molecule has 0 fully saturated rings. The number of aromatic amines is 1. The summed E-state index contributed by atoms with van der Waals surface area (Å²) in [5.41, 5.74) is 7.19. The second kappa shape index (κ2) is 4.65. The summed E-state index contributed by atoms with van der Waals surface area (Å²) in [6.07, 6.45) is 4.77. The molecule has 0 saturated heterocycles. The van der Waals surface area contributed by atoms with Gasteiger partial charge in [0, 0.05) is 12.4 Å². The van der Waals surface area contributed by atoms with E-state index >= 15 is 0 Å². The lowest BCUT2D eigenvalue weighted by molar-refractivity contribution is 0.0935. The van der Waals surface area contributed by atoms with Crippen LogP contribution in [0.15, 0.2) is 30.7 Å². The number of carbonyl (C=O) groups excluding carboxylic acids is 1. The van der Waals surface area contributed by atoms with Crippen LogP contribution in [0.4, 0.5) is 5.69 Å². The average Bonchev–Trinajstić information content (AvgIpc) is 2.76. The minimum Gasteiger partial charge on any atom is -0.396 e. The molecule has 0 saturated carbocycles. The summed E-state index contributed by atoms with van der Waals surface area (Å²) < 4.78 is 0. The van der Waals surface area contributed by atoms with Gasteiger partial charge in [-0.2, -0.15) is 5.10 Å². The zero-order valence-corrected chi connectivity index (χ0v) is 9.34. The summed E-state index contributed by atoms with van der Waals surface area (Å²) in [5, 5.41) is 9.09. The number of carbonyl (C=O) groups is 1. The van der Waals surface area contributed by atoms with Gasteiger partial charge in [0.05, 0.1) is 17.9 Å². The fourth-order valence-electron chi connectivity index (χ4n) is 1.48. The molecule has 2 aromatic heterocycles. The van der Waals surface area contributed by atoms with Gasteiger partial charge in [-0.15, -0.1) is 0 Å². The maximum Gasteiger partial charge on any atom is 0.271 e. The Bertz CT molecular complexity index is 508. The number of amides is 1. The normalized spacial score (nSPS) is 12.1.